The molecule has 0 unspecified atom stereocenters. The van der Waals surface area contributed by atoms with Crippen molar-refractivity contribution in [2.75, 3.05) is 0 Å². The summed E-state index contributed by atoms with van der Waals surface area (Å²) >= 11 is 0. The maximum absolute atomic E-state index is 12.0. The van der Waals surface area contributed by atoms with E-state index >= 15 is 0 Å². The normalized spacial score (nSPS) is 10.0. The Morgan fingerprint density at radius 3 is 1.71 bits per heavy atom. The fourth-order valence-electron chi connectivity index (χ4n) is 2.38. The van der Waals surface area contributed by atoms with E-state index in [1.165, 1.54) is 6.92 Å². The van der Waals surface area contributed by atoms with Crippen molar-refractivity contribution in [1.82, 2.24) is 0 Å². The average Bonchev–Trinajstić information content (AvgIpc) is 2.55. The van der Waals surface area contributed by atoms with E-state index in [1.54, 1.807) is 48.5 Å². The minimum absolute atomic E-state index is 0.0149. The Balaban J connectivity index is 1.88. The van der Waals surface area contributed by atoms with Crippen molar-refractivity contribution in [3.8, 4) is 12.3 Å². The average molecular weight is 318 g/mol. The lowest BCUT2D eigenvalue weighted by atomic mass is 10.00. The fraction of sp³-hybridized carbons (Fsp3) is 0.190. The van der Waals surface area contributed by atoms with E-state index in [1.807, 2.05) is 0 Å². The molecule has 0 saturated heterocycles. The van der Waals surface area contributed by atoms with E-state index in [0.29, 0.717) is 5.56 Å². The molecule has 0 N–H and O–H groups in total. The van der Waals surface area contributed by atoms with Crippen molar-refractivity contribution in [3.63, 3.8) is 0 Å². The van der Waals surface area contributed by atoms with Crippen LogP contribution in [0.25, 0.3) is 0 Å². The van der Waals surface area contributed by atoms with Gasteiger partial charge in [0.2, 0.25) is 0 Å². The molecule has 120 valence electrons. The topological polar surface area (TPSA) is 51.2 Å². The summed E-state index contributed by atoms with van der Waals surface area (Å²) in [5, 5.41) is 0. The molecule has 24 heavy (non-hydrogen) atoms. The lowest BCUT2D eigenvalue weighted by Gasteiger charge is -2.03. The Kier molecular flexibility index (Phi) is 5.81. The van der Waals surface area contributed by atoms with Crippen molar-refractivity contribution in [2.24, 2.45) is 0 Å². The predicted molar refractivity (Wildman–Crippen MR) is 92.9 cm³/mol. The smallest absolute Gasteiger partial charge is 0.159 e. The van der Waals surface area contributed by atoms with Crippen LogP contribution in [0.15, 0.2) is 48.5 Å². The van der Waals surface area contributed by atoms with Gasteiger partial charge in [0.15, 0.2) is 5.78 Å². The molecule has 3 nitrogen and oxygen atoms in total. The Labute approximate surface area is 141 Å². The molecule has 2 aromatic carbocycles. The molecular formula is C21H18O3. The summed E-state index contributed by atoms with van der Waals surface area (Å²) in [5.74, 6) is 2.26. The molecule has 2 aromatic rings. The minimum Gasteiger partial charge on any atom is -0.299 e. The molecule has 0 amide bonds. The summed E-state index contributed by atoms with van der Waals surface area (Å²) in [4.78, 5) is 35.2. The number of Topliss-reactive ketones (excluding diaryl/α,β-unsaturated/α-hetero) is 3. The number of ketones is 3. The molecule has 0 aliphatic carbocycles. The van der Waals surface area contributed by atoms with Gasteiger partial charge in [0, 0.05) is 24.0 Å². The third-order valence-corrected chi connectivity index (χ3v) is 3.68. The fourth-order valence-corrected chi connectivity index (χ4v) is 2.38. The molecule has 0 aliphatic rings. The van der Waals surface area contributed by atoms with Crippen LogP contribution < -0.4 is 0 Å². The van der Waals surface area contributed by atoms with Crippen LogP contribution in [-0.4, -0.2) is 17.3 Å². The number of terminal acetylenes is 1. The lowest BCUT2D eigenvalue weighted by molar-refractivity contribution is -0.126. The van der Waals surface area contributed by atoms with Gasteiger partial charge in [0.1, 0.15) is 11.6 Å². The molecule has 0 bridgehead atoms. The third-order valence-electron chi connectivity index (χ3n) is 3.68. The zero-order chi connectivity index (χ0) is 17.5. The SMILES string of the molecule is C#Cc1ccc(CC(=O)CC(=O)Cc2ccc(C(C)=O)cc2)cc1. The van der Waals surface area contributed by atoms with Crippen LogP contribution in [0, 0.1) is 12.3 Å². The summed E-state index contributed by atoms with van der Waals surface area (Å²) < 4.78 is 0. The van der Waals surface area contributed by atoms with Gasteiger partial charge in [0.25, 0.3) is 0 Å². The van der Waals surface area contributed by atoms with Gasteiger partial charge in [-0.25, -0.2) is 0 Å². The Morgan fingerprint density at radius 2 is 1.29 bits per heavy atom. The molecule has 0 spiro atoms. The highest BCUT2D eigenvalue weighted by atomic mass is 16.1. The number of carbonyl (C=O) groups is 3. The quantitative estimate of drug-likeness (QED) is 0.447. The van der Waals surface area contributed by atoms with E-state index in [2.05, 4.69) is 5.92 Å². The van der Waals surface area contributed by atoms with Gasteiger partial charge in [-0.05, 0) is 30.2 Å². The van der Waals surface area contributed by atoms with Crippen LogP contribution in [0.5, 0.6) is 0 Å². The summed E-state index contributed by atoms with van der Waals surface area (Å²) in [6, 6.07) is 14.0. The van der Waals surface area contributed by atoms with Crippen molar-refractivity contribution >= 4 is 17.3 Å². The van der Waals surface area contributed by atoms with Crippen LogP contribution in [0.4, 0.5) is 0 Å². The van der Waals surface area contributed by atoms with Crippen molar-refractivity contribution in [1.29, 1.82) is 0 Å². The first-order valence-corrected chi connectivity index (χ1v) is 7.67. The Bertz CT molecular complexity index is 790. The molecule has 2 rings (SSSR count). The third kappa shape index (κ3) is 5.03. The van der Waals surface area contributed by atoms with E-state index in [-0.39, 0.29) is 36.6 Å². The largest absolute Gasteiger partial charge is 0.299 e. The Morgan fingerprint density at radius 1 is 0.833 bits per heavy atom. The highest BCUT2D eigenvalue weighted by Gasteiger charge is 2.11. The molecule has 0 radical (unpaired) electrons. The second kappa shape index (κ2) is 8.03. The van der Waals surface area contributed by atoms with Crippen LogP contribution in [0.2, 0.25) is 0 Å². The van der Waals surface area contributed by atoms with Crippen LogP contribution in [-0.2, 0) is 22.4 Å². The van der Waals surface area contributed by atoms with Crippen molar-refractivity contribution in [2.45, 2.75) is 26.2 Å². The van der Waals surface area contributed by atoms with E-state index in [9.17, 15) is 14.4 Å². The number of benzene rings is 2. The monoisotopic (exact) mass is 318 g/mol. The molecule has 0 saturated carbocycles. The maximum Gasteiger partial charge on any atom is 0.159 e. The van der Waals surface area contributed by atoms with Gasteiger partial charge >= 0.3 is 0 Å². The van der Waals surface area contributed by atoms with Crippen molar-refractivity contribution in [3.05, 3.63) is 70.8 Å². The van der Waals surface area contributed by atoms with Crippen LogP contribution in [0.1, 0.15) is 40.4 Å². The first kappa shape index (κ1) is 17.4. The molecule has 0 aliphatic heterocycles. The van der Waals surface area contributed by atoms with E-state index in [0.717, 1.165) is 16.7 Å². The second-order valence-corrected chi connectivity index (χ2v) is 5.70. The van der Waals surface area contributed by atoms with Crippen LogP contribution in [0.3, 0.4) is 0 Å². The van der Waals surface area contributed by atoms with Crippen molar-refractivity contribution < 1.29 is 14.4 Å². The van der Waals surface area contributed by atoms with Gasteiger partial charge < -0.3 is 0 Å². The predicted octanol–water partition coefficient (Wildman–Crippen LogP) is 3.18. The number of carbonyl (C=O) groups excluding carboxylic acids is 3. The molecule has 0 atom stereocenters. The summed E-state index contributed by atoms with van der Waals surface area (Å²) in [7, 11) is 0. The maximum atomic E-state index is 12.0. The van der Waals surface area contributed by atoms with E-state index in [4.69, 9.17) is 6.42 Å². The molecule has 3 heteroatoms. The van der Waals surface area contributed by atoms with Gasteiger partial charge in [-0.2, -0.15) is 0 Å². The first-order chi connectivity index (χ1) is 11.5. The molecule has 0 fully saturated rings. The van der Waals surface area contributed by atoms with Gasteiger partial charge in [-0.1, -0.05) is 42.3 Å². The number of hydrogen-bond donors (Lipinski definition) is 0. The van der Waals surface area contributed by atoms with Gasteiger partial charge in [-0.15, -0.1) is 6.42 Å². The highest BCUT2D eigenvalue weighted by Crippen LogP contribution is 2.09. The standard InChI is InChI=1S/C21H18O3/c1-3-16-4-6-17(7-5-16)12-20(23)14-21(24)13-18-8-10-19(11-9-18)15(2)22/h1,4-11H,12-14H2,2H3. The zero-order valence-corrected chi connectivity index (χ0v) is 13.5. The first-order valence-electron chi connectivity index (χ1n) is 7.67. The minimum atomic E-state index is -0.129. The van der Waals surface area contributed by atoms with Gasteiger partial charge in [-0.3, -0.25) is 14.4 Å². The van der Waals surface area contributed by atoms with E-state index < -0.39 is 0 Å². The zero-order valence-electron chi connectivity index (χ0n) is 13.5. The summed E-state index contributed by atoms with van der Waals surface area (Å²) in [5.41, 5.74) is 3.02. The number of rotatable bonds is 7. The second-order valence-electron chi connectivity index (χ2n) is 5.70. The number of hydrogen-bond acceptors (Lipinski definition) is 3. The molecule has 0 aromatic heterocycles. The van der Waals surface area contributed by atoms with Gasteiger partial charge in [0.05, 0.1) is 6.42 Å². The van der Waals surface area contributed by atoms with Crippen LogP contribution >= 0.6 is 0 Å². The lowest BCUT2D eigenvalue weighted by Crippen LogP contribution is -2.12. The summed E-state index contributed by atoms with van der Waals surface area (Å²) in [6.07, 6.45) is 5.61. The highest BCUT2D eigenvalue weighted by molar-refractivity contribution is 6.00. The Hall–Kier alpha value is -2.99. The summed E-state index contributed by atoms with van der Waals surface area (Å²) in [6.45, 7) is 1.49. The molecule has 0 heterocycles. The molecular weight excluding hydrogens is 300 g/mol.